The van der Waals surface area contributed by atoms with Gasteiger partial charge in [0, 0.05) is 6.54 Å². The molecule has 3 nitrogen and oxygen atoms in total. The van der Waals surface area contributed by atoms with Crippen molar-refractivity contribution in [3.8, 4) is 0 Å². The molecule has 1 fully saturated rings. The minimum absolute atomic E-state index is 0.0417. The lowest BCUT2D eigenvalue weighted by atomic mass is 9.96. The SMILES string of the molecule is CC[C@H](C(=O)NC[C@@H]1CO1)c1ccccc1. The second-order valence-electron chi connectivity index (χ2n) is 4.07. The van der Waals surface area contributed by atoms with Crippen LogP contribution in [0.25, 0.3) is 0 Å². The summed E-state index contributed by atoms with van der Waals surface area (Å²) in [5.41, 5.74) is 1.08. The Morgan fingerprint density at radius 1 is 1.50 bits per heavy atom. The third-order valence-corrected chi connectivity index (χ3v) is 2.83. The van der Waals surface area contributed by atoms with Crippen LogP contribution in [0.1, 0.15) is 24.8 Å². The zero-order valence-corrected chi connectivity index (χ0v) is 9.48. The first-order valence-electron chi connectivity index (χ1n) is 5.75. The Morgan fingerprint density at radius 2 is 2.19 bits per heavy atom. The molecular formula is C13H17NO2. The van der Waals surface area contributed by atoms with E-state index in [0.29, 0.717) is 6.54 Å². The molecule has 0 aliphatic carbocycles. The Morgan fingerprint density at radius 3 is 2.75 bits per heavy atom. The van der Waals surface area contributed by atoms with Gasteiger partial charge in [0.1, 0.15) is 0 Å². The normalized spacial score (nSPS) is 20.2. The Hall–Kier alpha value is -1.35. The smallest absolute Gasteiger partial charge is 0.227 e. The highest BCUT2D eigenvalue weighted by Crippen LogP contribution is 2.19. The monoisotopic (exact) mass is 219 g/mol. The fourth-order valence-electron chi connectivity index (χ4n) is 1.78. The van der Waals surface area contributed by atoms with Gasteiger partial charge in [0.25, 0.3) is 0 Å². The topological polar surface area (TPSA) is 41.6 Å². The van der Waals surface area contributed by atoms with E-state index in [9.17, 15) is 4.79 Å². The maximum absolute atomic E-state index is 11.9. The fourth-order valence-corrected chi connectivity index (χ4v) is 1.78. The standard InChI is InChI=1S/C13H17NO2/c1-2-12(10-6-4-3-5-7-10)13(15)14-8-11-9-16-11/h3-7,11-12H,2,8-9H2,1H3,(H,14,15)/t11-,12+/m1/s1. The van der Waals surface area contributed by atoms with E-state index in [0.717, 1.165) is 18.6 Å². The summed E-state index contributed by atoms with van der Waals surface area (Å²) in [4.78, 5) is 11.9. The Bertz CT molecular complexity index is 346. The number of rotatable bonds is 5. The van der Waals surface area contributed by atoms with Gasteiger partial charge >= 0.3 is 0 Å². The van der Waals surface area contributed by atoms with Crippen molar-refractivity contribution in [1.82, 2.24) is 5.32 Å². The number of nitrogens with one attached hydrogen (secondary N) is 1. The summed E-state index contributed by atoms with van der Waals surface area (Å²) in [6.45, 7) is 3.45. The highest BCUT2D eigenvalue weighted by atomic mass is 16.6. The minimum Gasteiger partial charge on any atom is -0.371 e. The third kappa shape index (κ3) is 2.83. The van der Waals surface area contributed by atoms with Crippen molar-refractivity contribution < 1.29 is 9.53 Å². The molecule has 16 heavy (non-hydrogen) atoms. The average molecular weight is 219 g/mol. The van der Waals surface area contributed by atoms with E-state index in [1.54, 1.807) is 0 Å². The van der Waals surface area contributed by atoms with Gasteiger partial charge in [-0.1, -0.05) is 37.3 Å². The molecule has 0 aromatic heterocycles. The van der Waals surface area contributed by atoms with Gasteiger partial charge in [-0.3, -0.25) is 4.79 Å². The summed E-state index contributed by atoms with van der Waals surface area (Å²) in [6, 6.07) is 9.90. The summed E-state index contributed by atoms with van der Waals surface area (Å²) in [5.74, 6) is 0.0594. The molecule has 2 rings (SSSR count). The van der Waals surface area contributed by atoms with Gasteiger partial charge in [0.2, 0.25) is 5.91 Å². The van der Waals surface area contributed by atoms with E-state index in [2.05, 4.69) is 5.32 Å². The van der Waals surface area contributed by atoms with Crippen LogP contribution in [0.15, 0.2) is 30.3 Å². The zero-order chi connectivity index (χ0) is 11.4. The Labute approximate surface area is 95.8 Å². The van der Waals surface area contributed by atoms with Crippen LogP contribution in [0, 0.1) is 0 Å². The predicted octanol–water partition coefficient (Wildman–Crippen LogP) is 1.70. The van der Waals surface area contributed by atoms with E-state index in [4.69, 9.17) is 4.74 Å². The first-order chi connectivity index (χ1) is 7.81. The van der Waals surface area contributed by atoms with Crippen LogP contribution in [-0.2, 0) is 9.53 Å². The van der Waals surface area contributed by atoms with Crippen molar-refractivity contribution in [3.05, 3.63) is 35.9 Å². The first-order valence-corrected chi connectivity index (χ1v) is 5.75. The van der Waals surface area contributed by atoms with Crippen molar-refractivity contribution >= 4 is 5.91 Å². The third-order valence-electron chi connectivity index (χ3n) is 2.83. The van der Waals surface area contributed by atoms with Crippen LogP contribution in [0.3, 0.4) is 0 Å². The zero-order valence-electron chi connectivity index (χ0n) is 9.48. The van der Waals surface area contributed by atoms with Crippen LogP contribution in [0.4, 0.5) is 0 Å². The molecular weight excluding hydrogens is 202 g/mol. The van der Waals surface area contributed by atoms with Crippen molar-refractivity contribution in [2.45, 2.75) is 25.4 Å². The number of carbonyl (C=O) groups excluding carboxylic acids is 1. The number of amides is 1. The predicted molar refractivity (Wildman–Crippen MR) is 62.2 cm³/mol. The molecule has 86 valence electrons. The molecule has 1 aliphatic rings. The van der Waals surface area contributed by atoms with Crippen LogP contribution >= 0.6 is 0 Å². The molecule has 3 heteroatoms. The largest absolute Gasteiger partial charge is 0.371 e. The number of ether oxygens (including phenoxy) is 1. The molecule has 1 amide bonds. The van der Waals surface area contributed by atoms with Gasteiger partial charge in [-0.25, -0.2) is 0 Å². The Balaban J connectivity index is 1.95. The molecule has 0 unspecified atom stereocenters. The van der Waals surface area contributed by atoms with Gasteiger partial charge in [-0.15, -0.1) is 0 Å². The van der Waals surface area contributed by atoms with Crippen LogP contribution in [-0.4, -0.2) is 25.2 Å². The summed E-state index contributed by atoms with van der Waals surface area (Å²) in [5, 5.41) is 2.93. The van der Waals surface area contributed by atoms with Crippen molar-refractivity contribution in [2.75, 3.05) is 13.2 Å². The maximum atomic E-state index is 11.9. The molecule has 0 saturated carbocycles. The van der Waals surface area contributed by atoms with Gasteiger partial charge in [-0.05, 0) is 12.0 Å². The molecule has 0 radical (unpaired) electrons. The van der Waals surface area contributed by atoms with E-state index in [1.807, 2.05) is 37.3 Å². The number of benzene rings is 1. The van der Waals surface area contributed by atoms with E-state index >= 15 is 0 Å². The van der Waals surface area contributed by atoms with E-state index in [-0.39, 0.29) is 17.9 Å². The van der Waals surface area contributed by atoms with Crippen molar-refractivity contribution in [1.29, 1.82) is 0 Å². The van der Waals surface area contributed by atoms with Gasteiger partial charge in [0.05, 0.1) is 18.6 Å². The molecule has 0 bridgehead atoms. The van der Waals surface area contributed by atoms with Gasteiger partial charge < -0.3 is 10.1 Å². The molecule has 1 N–H and O–H groups in total. The molecule has 2 atom stereocenters. The lowest BCUT2D eigenvalue weighted by Gasteiger charge is -2.14. The maximum Gasteiger partial charge on any atom is 0.227 e. The molecule has 1 aliphatic heterocycles. The summed E-state index contributed by atoms with van der Waals surface area (Å²) in [7, 11) is 0. The number of epoxide rings is 1. The average Bonchev–Trinajstić information content (AvgIpc) is 3.13. The minimum atomic E-state index is -0.0417. The Kier molecular flexibility index (Phi) is 3.57. The second-order valence-corrected chi connectivity index (χ2v) is 4.07. The quantitative estimate of drug-likeness (QED) is 0.766. The van der Waals surface area contributed by atoms with Crippen LogP contribution in [0.2, 0.25) is 0 Å². The van der Waals surface area contributed by atoms with Crippen molar-refractivity contribution in [2.24, 2.45) is 0 Å². The number of carbonyl (C=O) groups is 1. The molecule has 1 aromatic rings. The highest BCUT2D eigenvalue weighted by molar-refractivity contribution is 5.83. The lowest BCUT2D eigenvalue weighted by molar-refractivity contribution is -0.122. The summed E-state index contributed by atoms with van der Waals surface area (Å²) in [6.07, 6.45) is 1.07. The highest BCUT2D eigenvalue weighted by Gasteiger charge is 2.25. The van der Waals surface area contributed by atoms with Crippen LogP contribution in [0.5, 0.6) is 0 Å². The van der Waals surface area contributed by atoms with Gasteiger partial charge in [-0.2, -0.15) is 0 Å². The number of hydrogen-bond acceptors (Lipinski definition) is 2. The summed E-state index contributed by atoms with van der Waals surface area (Å²) >= 11 is 0. The fraction of sp³-hybridized carbons (Fsp3) is 0.462. The van der Waals surface area contributed by atoms with E-state index in [1.165, 1.54) is 0 Å². The molecule has 1 saturated heterocycles. The van der Waals surface area contributed by atoms with E-state index < -0.39 is 0 Å². The molecule has 1 heterocycles. The molecule has 0 spiro atoms. The van der Waals surface area contributed by atoms with Crippen LogP contribution < -0.4 is 5.32 Å². The first kappa shape index (κ1) is 11.1. The number of hydrogen-bond donors (Lipinski definition) is 1. The van der Waals surface area contributed by atoms with Crippen molar-refractivity contribution in [3.63, 3.8) is 0 Å². The lowest BCUT2D eigenvalue weighted by Crippen LogP contribution is -2.32. The van der Waals surface area contributed by atoms with Gasteiger partial charge in [0.15, 0.2) is 0 Å². The summed E-state index contributed by atoms with van der Waals surface area (Å²) < 4.78 is 5.06. The molecule has 1 aromatic carbocycles. The second kappa shape index (κ2) is 5.12.